The molecule has 0 spiro atoms. The molecule has 0 bridgehead atoms. The van der Waals surface area contributed by atoms with E-state index in [9.17, 15) is 9.59 Å². The summed E-state index contributed by atoms with van der Waals surface area (Å²) in [5.41, 5.74) is -1.57. The number of esters is 2. The van der Waals surface area contributed by atoms with Crippen molar-refractivity contribution in [3.63, 3.8) is 0 Å². The van der Waals surface area contributed by atoms with Crippen LogP contribution in [0.1, 0.15) is 20.3 Å². The zero-order valence-corrected chi connectivity index (χ0v) is 12.0. The second-order valence-electron chi connectivity index (χ2n) is 4.00. The van der Waals surface area contributed by atoms with Gasteiger partial charge in [-0.05, 0) is 20.3 Å². The van der Waals surface area contributed by atoms with Gasteiger partial charge in [0.1, 0.15) is 0 Å². The molecule has 0 amide bonds. The summed E-state index contributed by atoms with van der Waals surface area (Å²) in [5.74, 6) is -1.36. The van der Waals surface area contributed by atoms with Gasteiger partial charge in [-0.15, -0.1) is 6.58 Å². The van der Waals surface area contributed by atoms with E-state index in [2.05, 4.69) is 11.7 Å². The predicted molar refractivity (Wildman–Crippen MR) is 72.7 cm³/mol. The van der Waals surface area contributed by atoms with Crippen molar-refractivity contribution in [2.75, 3.05) is 27.3 Å². The Morgan fingerprint density at radius 3 is 2.00 bits per heavy atom. The average Bonchev–Trinajstić information content (AvgIpc) is 2.34. The normalized spacial score (nSPS) is 11.2. The van der Waals surface area contributed by atoms with Crippen molar-refractivity contribution in [1.82, 2.24) is 5.01 Å². The lowest BCUT2D eigenvalue weighted by Gasteiger charge is -2.24. The van der Waals surface area contributed by atoms with Crippen LogP contribution in [0.5, 0.6) is 0 Å². The second kappa shape index (κ2) is 8.29. The summed E-state index contributed by atoms with van der Waals surface area (Å²) in [4.78, 5) is 24.2. The molecule has 108 valence electrons. The van der Waals surface area contributed by atoms with Crippen LogP contribution in [0.25, 0.3) is 0 Å². The van der Waals surface area contributed by atoms with Gasteiger partial charge in [0, 0.05) is 14.1 Å². The third-order valence-electron chi connectivity index (χ3n) is 2.25. The molecule has 0 aliphatic rings. The number of hydrogen-bond acceptors (Lipinski definition) is 6. The number of allylic oxidation sites excluding steroid dienone is 1. The largest absolute Gasteiger partial charge is 0.465 e. The van der Waals surface area contributed by atoms with Gasteiger partial charge in [-0.25, -0.2) is 0 Å². The quantitative estimate of drug-likeness (QED) is 0.218. The Morgan fingerprint density at radius 2 is 1.68 bits per heavy atom. The van der Waals surface area contributed by atoms with Gasteiger partial charge in [-0.2, -0.15) is 5.10 Å². The minimum absolute atomic E-state index is 0.0714. The first-order valence-electron chi connectivity index (χ1n) is 6.12. The molecular formula is C13H22N2O4. The number of nitrogens with zero attached hydrogens (tertiary/aromatic N) is 2. The second-order valence-corrected chi connectivity index (χ2v) is 4.00. The van der Waals surface area contributed by atoms with Crippen molar-refractivity contribution in [1.29, 1.82) is 0 Å². The van der Waals surface area contributed by atoms with Crippen LogP contribution in [-0.4, -0.2) is 50.5 Å². The fraction of sp³-hybridized carbons (Fsp3) is 0.615. The van der Waals surface area contributed by atoms with E-state index in [4.69, 9.17) is 9.47 Å². The molecular weight excluding hydrogens is 248 g/mol. The number of hydrazone groups is 1. The van der Waals surface area contributed by atoms with Gasteiger partial charge < -0.3 is 14.5 Å². The van der Waals surface area contributed by atoms with E-state index < -0.39 is 17.4 Å². The summed E-state index contributed by atoms with van der Waals surface area (Å²) in [7, 11) is 3.37. The maximum Gasteiger partial charge on any atom is 0.329 e. The van der Waals surface area contributed by atoms with Gasteiger partial charge >= 0.3 is 11.9 Å². The van der Waals surface area contributed by atoms with Crippen molar-refractivity contribution in [2.24, 2.45) is 10.5 Å². The van der Waals surface area contributed by atoms with E-state index >= 15 is 0 Å². The maximum atomic E-state index is 12.1. The van der Waals surface area contributed by atoms with E-state index in [1.54, 1.807) is 27.9 Å². The number of carbonyl (C=O) groups excluding carboxylic acids is 2. The van der Waals surface area contributed by atoms with Gasteiger partial charge in [-0.1, -0.05) is 6.08 Å². The van der Waals surface area contributed by atoms with Crippen LogP contribution in [0.15, 0.2) is 17.8 Å². The van der Waals surface area contributed by atoms with Crippen LogP contribution < -0.4 is 0 Å². The molecule has 0 rings (SSSR count). The fourth-order valence-corrected chi connectivity index (χ4v) is 1.37. The number of hydrogen-bond donors (Lipinski definition) is 0. The van der Waals surface area contributed by atoms with Crippen molar-refractivity contribution in [3.8, 4) is 0 Å². The highest BCUT2D eigenvalue weighted by atomic mass is 16.6. The van der Waals surface area contributed by atoms with Crippen LogP contribution in [-0.2, 0) is 19.1 Å². The van der Waals surface area contributed by atoms with Gasteiger partial charge in [0.25, 0.3) is 0 Å². The summed E-state index contributed by atoms with van der Waals surface area (Å²) < 4.78 is 9.92. The van der Waals surface area contributed by atoms with Gasteiger partial charge in [-0.3, -0.25) is 9.59 Å². The van der Waals surface area contributed by atoms with E-state index in [0.29, 0.717) is 0 Å². The van der Waals surface area contributed by atoms with Crippen LogP contribution in [0, 0.1) is 5.41 Å². The Balaban J connectivity index is 5.51. The molecule has 0 aliphatic heterocycles. The Hall–Kier alpha value is -1.85. The molecule has 0 aromatic carbocycles. The SMILES string of the molecule is C=CCC(/C=N/N(C)C)(C(=O)OCC)C(=O)OCC. The smallest absolute Gasteiger partial charge is 0.329 e. The maximum absolute atomic E-state index is 12.1. The van der Waals surface area contributed by atoms with Crippen LogP contribution in [0.2, 0.25) is 0 Å². The van der Waals surface area contributed by atoms with Crippen LogP contribution in [0.4, 0.5) is 0 Å². The summed E-state index contributed by atoms with van der Waals surface area (Å²) >= 11 is 0. The van der Waals surface area contributed by atoms with E-state index in [1.807, 2.05) is 0 Å². The molecule has 19 heavy (non-hydrogen) atoms. The minimum Gasteiger partial charge on any atom is -0.465 e. The standard InChI is InChI=1S/C13H22N2O4/c1-6-9-13(10-14-15(4)5,11(16)18-7-2)12(17)19-8-3/h6,10H,1,7-9H2,2-5H3/b14-10+. The molecule has 0 saturated heterocycles. The fourth-order valence-electron chi connectivity index (χ4n) is 1.37. The lowest BCUT2D eigenvalue weighted by Crippen LogP contribution is -2.43. The van der Waals surface area contributed by atoms with Crippen molar-refractivity contribution in [3.05, 3.63) is 12.7 Å². The van der Waals surface area contributed by atoms with Crippen LogP contribution in [0.3, 0.4) is 0 Å². The molecule has 6 heteroatoms. The lowest BCUT2D eigenvalue weighted by atomic mass is 9.85. The Bertz CT molecular complexity index is 333. The molecule has 0 unspecified atom stereocenters. The Kier molecular flexibility index (Phi) is 7.48. The van der Waals surface area contributed by atoms with Gasteiger partial charge in [0.15, 0.2) is 0 Å². The highest BCUT2D eigenvalue weighted by Crippen LogP contribution is 2.25. The first-order valence-corrected chi connectivity index (χ1v) is 6.12. The molecule has 0 aromatic rings. The number of ether oxygens (including phenoxy) is 2. The summed E-state index contributed by atoms with van der Waals surface area (Å²) in [6, 6.07) is 0. The molecule has 0 fully saturated rings. The molecule has 0 radical (unpaired) electrons. The van der Waals surface area contributed by atoms with Crippen molar-refractivity contribution in [2.45, 2.75) is 20.3 Å². The zero-order valence-electron chi connectivity index (χ0n) is 12.0. The lowest BCUT2D eigenvalue weighted by molar-refractivity contribution is -0.165. The molecule has 0 saturated carbocycles. The van der Waals surface area contributed by atoms with Crippen molar-refractivity contribution >= 4 is 18.2 Å². The van der Waals surface area contributed by atoms with Crippen LogP contribution >= 0.6 is 0 Å². The number of rotatable bonds is 8. The first kappa shape index (κ1) is 17.2. The highest BCUT2D eigenvalue weighted by Gasteiger charge is 2.47. The van der Waals surface area contributed by atoms with E-state index in [-0.39, 0.29) is 19.6 Å². The third kappa shape index (κ3) is 4.73. The van der Waals surface area contributed by atoms with Gasteiger partial charge in [0.05, 0.1) is 19.4 Å². The Morgan fingerprint density at radius 1 is 1.21 bits per heavy atom. The summed E-state index contributed by atoms with van der Waals surface area (Å²) in [5, 5.41) is 5.46. The minimum atomic E-state index is -1.57. The van der Waals surface area contributed by atoms with E-state index in [0.717, 1.165) is 0 Å². The molecule has 0 N–H and O–H groups in total. The zero-order chi connectivity index (χ0) is 14.9. The molecule has 0 aliphatic carbocycles. The highest BCUT2D eigenvalue weighted by molar-refractivity contribution is 6.14. The third-order valence-corrected chi connectivity index (χ3v) is 2.25. The molecule has 0 atom stereocenters. The summed E-state index contributed by atoms with van der Waals surface area (Å²) in [6.45, 7) is 7.26. The van der Waals surface area contributed by atoms with E-state index in [1.165, 1.54) is 17.3 Å². The number of carbonyl (C=O) groups is 2. The predicted octanol–water partition coefficient (Wildman–Crippen LogP) is 1.22. The molecule has 0 heterocycles. The molecule has 6 nitrogen and oxygen atoms in total. The molecule has 0 aromatic heterocycles. The van der Waals surface area contributed by atoms with Crippen molar-refractivity contribution < 1.29 is 19.1 Å². The van der Waals surface area contributed by atoms with Gasteiger partial charge in [0.2, 0.25) is 5.41 Å². The monoisotopic (exact) mass is 270 g/mol. The average molecular weight is 270 g/mol. The Labute approximate surface area is 114 Å². The summed E-state index contributed by atoms with van der Waals surface area (Å²) in [6.07, 6.45) is 2.79. The first-order chi connectivity index (χ1) is 8.94. The topological polar surface area (TPSA) is 68.2 Å².